The highest BCUT2D eigenvalue weighted by Crippen LogP contribution is 2.35. The number of anilines is 1. The molecule has 1 aliphatic rings. The van der Waals surface area contributed by atoms with Crippen molar-refractivity contribution in [3.8, 4) is 0 Å². The van der Waals surface area contributed by atoms with Gasteiger partial charge < -0.3 is 10.6 Å². The predicted octanol–water partition coefficient (Wildman–Crippen LogP) is 2.42. The van der Waals surface area contributed by atoms with Crippen LogP contribution in [-0.2, 0) is 11.2 Å². The lowest BCUT2D eigenvalue weighted by atomic mass is 9.96. The number of aryl methyl sites for hydroxylation is 1. The molecule has 1 aliphatic heterocycles. The Labute approximate surface area is 113 Å². The number of nitrogens with two attached hydrogens (primary N) is 1. The molecular formula is C14H20N2OS. The van der Waals surface area contributed by atoms with E-state index in [1.54, 1.807) is 16.7 Å². The average Bonchev–Trinajstić information content (AvgIpc) is 2.30. The molecule has 18 heavy (non-hydrogen) atoms. The van der Waals surface area contributed by atoms with Crippen LogP contribution in [0.4, 0.5) is 5.69 Å². The number of nitrogens with zero attached hydrogens (tertiary/aromatic N) is 1. The summed E-state index contributed by atoms with van der Waals surface area (Å²) in [7, 11) is 1.84. The lowest BCUT2D eigenvalue weighted by Gasteiger charge is -2.26. The lowest BCUT2D eigenvalue weighted by molar-refractivity contribution is -0.116. The van der Waals surface area contributed by atoms with Crippen molar-refractivity contribution in [1.82, 2.24) is 0 Å². The van der Waals surface area contributed by atoms with Gasteiger partial charge in [0.05, 0.1) is 11.4 Å². The highest BCUT2D eigenvalue weighted by molar-refractivity contribution is 8.00. The van der Waals surface area contributed by atoms with Crippen LogP contribution in [0.15, 0.2) is 23.1 Å². The van der Waals surface area contributed by atoms with Crippen molar-refractivity contribution < 1.29 is 4.79 Å². The van der Waals surface area contributed by atoms with Crippen LogP contribution in [0, 0.1) is 0 Å². The summed E-state index contributed by atoms with van der Waals surface area (Å²) in [6, 6.07) is 6.33. The monoisotopic (exact) mass is 264 g/mol. The van der Waals surface area contributed by atoms with Gasteiger partial charge in [0.25, 0.3) is 0 Å². The number of fused-ring (bicyclic) bond motifs is 1. The number of amides is 1. The van der Waals surface area contributed by atoms with E-state index in [2.05, 4.69) is 12.1 Å². The van der Waals surface area contributed by atoms with Gasteiger partial charge in [-0.15, -0.1) is 11.8 Å². The van der Waals surface area contributed by atoms with Crippen molar-refractivity contribution in [2.24, 2.45) is 5.73 Å². The van der Waals surface area contributed by atoms with Gasteiger partial charge in [-0.05, 0) is 44.4 Å². The van der Waals surface area contributed by atoms with E-state index in [0.717, 1.165) is 18.5 Å². The summed E-state index contributed by atoms with van der Waals surface area (Å²) < 4.78 is 0. The number of thioether (sulfide) groups is 1. The Kier molecular flexibility index (Phi) is 3.69. The van der Waals surface area contributed by atoms with Crippen molar-refractivity contribution >= 4 is 23.4 Å². The van der Waals surface area contributed by atoms with E-state index in [9.17, 15) is 4.79 Å². The molecule has 0 aromatic heterocycles. The fourth-order valence-electron chi connectivity index (χ4n) is 1.94. The van der Waals surface area contributed by atoms with Gasteiger partial charge in [0.1, 0.15) is 0 Å². The maximum absolute atomic E-state index is 11.6. The van der Waals surface area contributed by atoms with E-state index in [1.165, 1.54) is 10.5 Å². The number of hydrogen-bond acceptors (Lipinski definition) is 3. The molecule has 0 unspecified atom stereocenters. The first-order valence-corrected chi connectivity index (χ1v) is 7.16. The maximum Gasteiger partial charge on any atom is 0.237 e. The van der Waals surface area contributed by atoms with Gasteiger partial charge >= 0.3 is 0 Å². The summed E-state index contributed by atoms with van der Waals surface area (Å²) in [6.07, 6.45) is 1.94. The zero-order chi connectivity index (χ0) is 13.3. The highest BCUT2D eigenvalue weighted by atomic mass is 32.2. The molecule has 0 aliphatic carbocycles. The van der Waals surface area contributed by atoms with Crippen LogP contribution in [0.5, 0.6) is 0 Å². The topological polar surface area (TPSA) is 46.3 Å². The molecule has 0 spiro atoms. The molecule has 0 saturated heterocycles. The Hall–Kier alpha value is -1.00. The smallest absolute Gasteiger partial charge is 0.237 e. The van der Waals surface area contributed by atoms with Crippen LogP contribution in [0.3, 0.4) is 0 Å². The molecule has 0 atom stereocenters. The molecule has 1 aromatic rings. The number of rotatable bonds is 3. The fraction of sp³-hybridized carbons (Fsp3) is 0.500. The molecule has 0 bridgehead atoms. The number of benzene rings is 1. The number of hydrogen-bond donors (Lipinski definition) is 1. The van der Waals surface area contributed by atoms with Crippen molar-refractivity contribution in [1.29, 1.82) is 0 Å². The van der Waals surface area contributed by atoms with Crippen LogP contribution in [-0.4, -0.2) is 24.2 Å². The zero-order valence-corrected chi connectivity index (χ0v) is 12.0. The van der Waals surface area contributed by atoms with E-state index < -0.39 is 0 Å². The summed E-state index contributed by atoms with van der Waals surface area (Å²) >= 11 is 1.63. The molecule has 0 radical (unpaired) electrons. The zero-order valence-electron chi connectivity index (χ0n) is 11.2. The molecule has 1 heterocycles. The fourth-order valence-corrected chi connectivity index (χ4v) is 3.00. The molecule has 3 nitrogen and oxygen atoms in total. The molecule has 2 N–H and O–H groups in total. The average molecular weight is 264 g/mol. The van der Waals surface area contributed by atoms with Crippen molar-refractivity contribution in [2.75, 3.05) is 17.7 Å². The second-order valence-electron chi connectivity index (χ2n) is 5.53. The molecular weight excluding hydrogens is 244 g/mol. The van der Waals surface area contributed by atoms with E-state index in [1.807, 2.05) is 27.0 Å². The molecule has 0 fully saturated rings. The normalized spacial score (nSPS) is 15.8. The molecule has 98 valence electrons. The summed E-state index contributed by atoms with van der Waals surface area (Å²) in [5, 5.41) is 0. The molecule has 1 aromatic carbocycles. The van der Waals surface area contributed by atoms with Crippen molar-refractivity contribution in [2.45, 2.75) is 37.1 Å². The minimum absolute atomic E-state index is 0.129. The Morgan fingerprint density at radius 3 is 2.83 bits per heavy atom. The standard InChI is InChI=1S/C14H20N2OS/c1-14(2,15)7-6-10-4-5-11-12(8-10)18-9-13(17)16(11)3/h4-5,8H,6-7,9,15H2,1-3H3. The third-order valence-electron chi connectivity index (χ3n) is 3.17. The minimum atomic E-state index is -0.129. The van der Waals surface area contributed by atoms with Gasteiger partial charge in [-0.1, -0.05) is 6.07 Å². The van der Waals surface area contributed by atoms with Crippen LogP contribution in [0.2, 0.25) is 0 Å². The summed E-state index contributed by atoms with van der Waals surface area (Å²) in [5.74, 6) is 0.707. The quantitative estimate of drug-likeness (QED) is 0.912. The Balaban J connectivity index is 2.15. The second-order valence-corrected chi connectivity index (χ2v) is 6.55. The first-order chi connectivity index (χ1) is 8.37. The third-order valence-corrected chi connectivity index (χ3v) is 4.20. The summed E-state index contributed by atoms with van der Waals surface area (Å²) in [6.45, 7) is 4.10. The predicted molar refractivity (Wildman–Crippen MR) is 77.2 cm³/mol. The van der Waals surface area contributed by atoms with Gasteiger partial charge in [0.15, 0.2) is 0 Å². The van der Waals surface area contributed by atoms with Crippen LogP contribution >= 0.6 is 11.8 Å². The molecule has 2 rings (SSSR count). The van der Waals surface area contributed by atoms with Gasteiger partial charge in [-0.25, -0.2) is 0 Å². The van der Waals surface area contributed by atoms with Crippen LogP contribution < -0.4 is 10.6 Å². The highest BCUT2D eigenvalue weighted by Gasteiger charge is 2.21. The Morgan fingerprint density at radius 1 is 1.44 bits per heavy atom. The largest absolute Gasteiger partial charge is 0.326 e. The van der Waals surface area contributed by atoms with E-state index in [0.29, 0.717) is 5.75 Å². The van der Waals surface area contributed by atoms with Crippen molar-refractivity contribution in [3.05, 3.63) is 23.8 Å². The lowest BCUT2D eigenvalue weighted by Crippen LogP contribution is -2.32. The minimum Gasteiger partial charge on any atom is -0.326 e. The van der Waals surface area contributed by atoms with Gasteiger partial charge in [-0.2, -0.15) is 0 Å². The molecule has 4 heteroatoms. The Morgan fingerprint density at radius 2 is 2.17 bits per heavy atom. The maximum atomic E-state index is 11.6. The Bertz CT molecular complexity index is 465. The van der Waals surface area contributed by atoms with E-state index in [4.69, 9.17) is 5.73 Å². The number of carbonyl (C=O) groups excluding carboxylic acids is 1. The SMILES string of the molecule is CN1C(=O)CSc2cc(CCC(C)(C)N)ccc21. The summed E-state index contributed by atoms with van der Waals surface area (Å²) in [5.41, 5.74) is 8.19. The van der Waals surface area contributed by atoms with Crippen LogP contribution in [0.1, 0.15) is 25.8 Å². The van der Waals surface area contributed by atoms with Gasteiger partial charge in [0.2, 0.25) is 5.91 Å². The van der Waals surface area contributed by atoms with Gasteiger partial charge in [0, 0.05) is 17.5 Å². The van der Waals surface area contributed by atoms with Crippen LogP contribution in [0.25, 0.3) is 0 Å². The van der Waals surface area contributed by atoms with E-state index >= 15 is 0 Å². The first-order valence-electron chi connectivity index (χ1n) is 6.18. The first kappa shape index (κ1) is 13.4. The van der Waals surface area contributed by atoms with Crippen molar-refractivity contribution in [3.63, 3.8) is 0 Å². The number of carbonyl (C=O) groups is 1. The second kappa shape index (κ2) is 4.94. The van der Waals surface area contributed by atoms with Gasteiger partial charge in [-0.3, -0.25) is 4.79 Å². The third kappa shape index (κ3) is 3.06. The van der Waals surface area contributed by atoms with E-state index in [-0.39, 0.29) is 11.4 Å². The molecule has 1 amide bonds. The molecule has 0 saturated carbocycles. The summed E-state index contributed by atoms with van der Waals surface area (Å²) in [4.78, 5) is 14.5.